The topological polar surface area (TPSA) is 67.9 Å². The molecule has 7 heteroatoms. The molecular formula is C17H20N2O4S. The summed E-state index contributed by atoms with van der Waals surface area (Å²) in [5.41, 5.74) is 1.59. The van der Waals surface area contributed by atoms with Crippen molar-refractivity contribution < 1.29 is 17.9 Å². The highest BCUT2D eigenvalue weighted by atomic mass is 32.2. The van der Waals surface area contributed by atoms with Crippen LogP contribution in [0.4, 0.5) is 5.69 Å². The molecule has 1 saturated heterocycles. The number of rotatable bonds is 6. The molecule has 0 bridgehead atoms. The minimum absolute atomic E-state index is 0.369. The fourth-order valence-corrected chi connectivity index (χ4v) is 3.55. The van der Waals surface area contributed by atoms with Gasteiger partial charge in [0, 0.05) is 13.1 Å². The molecular weight excluding hydrogens is 328 g/mol. The summed E-state index contributed by atoms with van der Waals surface area (Å²) in [6, 6.07) is 16.7. The van der Waals surface area contributed by atoms with Gasteiger partial charge in [-0.15, -0.1) is 0 Å². The highest BCUT2D eigenvalue weighted by molar-refractivity contribution is 7.90. The lowest BCUT2D eigenvalue weighted by Gasteiger charge is -2.26. The Balaban J connectivity index is 1.58. The maximum Gasteiger partial charge on any atom is 0.301 e. The lowest BCUT2D eigenvalue weighted by molar-refractivity contribution is 0.0733. The maximum absolute atomic E-state index is 12.3. The van der Waals surface area contributed by atoms with Crippen molar-refractivity contribution in [1.82, 2.24) is 4.31 Å². The molecule has 3 rings (SSSR count). The molecule has 0 aromatic heterocycles. The number of nitrogens with zero attached hydrogens (tertiary/aromatic N) is 1. The van der Waals surface area contributed by atoms with Gasteiger partial charge in [-0.1, -0.05) is 30.3 Å². The van der Waals surface area contributed by atoms with Crippen LogP contribution in [0.3, 0.4) is 0 Å². The van der Waals surface area contributed by atoms with E-state index in [1.165, 1.54) is 4.31 Å². The van der Waals surface area contributed by atoms with Crippen molar-refractivity contribution in [3.63, 3.8) is 0 Å². The first-order chi connectivity index (χ1) is 11.6. The molecule has 1 heterocycles. The largest absolute Gasteiger partial charge is 0.489 e. The van der Waals surface area contributed by atoms with Crippen LogP contribution in [0.1, 0.15) is 5.56 Å². The molecule has 0 radical (unpaired) electrons. The molecule has 0 unspecified atom stereocenters. The van der Waals surface area contributed by atoms with Gasteiger partial charge in [0.25, 0.3) is 0 Å². The second kappa shape index (κ2) is 7.65. The van der Waals surface area contributed by atoms with Crippen LogP contribution in [0, 0.1) is 0 Å². The summed E-state index contributed by atoms with van der Waals surface area (Å²) in [7, 11) is -3.54. The Morgan fingerprint density at radius 2 is 1.67 bits per heavy atom. The molecule has 1 N–H and O–H groups in total. The number of morpholine rings is 1. The Morgan fingerprint density at radius 1 is 1.00 bits per heavy atom. The van der Waals surface area contributed by atoms with E-state index in [4.69, 9.17) is 9.47 Å². The van der Waals surface area contributed by atoms with Gasteiger partial charge < -0.3 is 9.47 Å². The van der Waals surface area contributed by atoms with E-state index in [0.29, 0.717) is 44.3 Å². The van der Waals surface area contributed by atoms with Gasteiger partial charge in [-0.05, 0) is 29.8 Å². The van der Waals surface area contributed by atoms with Gasteiger partial charge in [0.15, 0.2) is 0 Å². The SMILES string of the molecule is O=S(=O)(Nc1ccc(OCc2ccccc2)cc1)N1CCOCC1. The Morgan fingerprint density at radius 3 is 2.33 bits per heavy atom. The van der Waals surface area contributed by atoms with Gasteiger partial charge in [0.1, 0.15) is 12.4 Å². The molecule has 0 atom stereocenters. The molecule has 0 amide bonds. The Hall–Kier alpha value is -2.09. The predicted molar refractivity (Wildman–Crippen MR) is 92.2 cm³/mol. The lowest BCUT2D eigenvalue weighted by Crippen LogP contribution is -2.43. The van der Waals surface area contributed by atoms with E-state index in [1.807, 2.05) is 30.3 Å². The van der Waals surface area contributed by atoms with Gasteiger partial charge >= 0.3 is 10.2 Å². The monoisotopic (exact) mass is 348 g/mol. The zero-order valence-electron chi connectivity index (χ0n) is 13.2. The molecule has 128 valence electrons. The maximum atomic E-state index is 12.3. The quantitative estimate of drug-likeness (QED) is 0.869. The van der Waals surface area contributed by atoms with E-state index in [0.717, 1.165) is 5.56 Å². The summed E-state index contributed by atoms with van der Waals surface area (Å²) in [4.78, 5) is 0. The van der Waals surface area contributed by atoms with Gasteiger partial charge in [0.2, 0.25) is 0 Å². The summed E-state index contributed by atoms with van der Waals surface area (Å²) in [5, 5.41) is 0. The van der Waals surface area contributed by atoms with Crippen molar-refractivity contribution >= 4 is 15.9 Å². The molecule has 0 spiro atoms. The molecule has 1 aliphatic rings. The van der Waals surface area contributed by atoms with Crippen molar-refractivity contribution in [3.8, 4) is 5.75 Å². The van der Waals surface area contributed by atoms with Crippen LogP contribution in [-0.4, -0.2) is 39.0 Å². The Bertz CT molecular complexity index is 742. The predicted octanol–water partition coefficient (Wildman–Crippen LogP) is 2.25. The summed E-state index contributed by atoms with van der Waals surface area (Å²) in [6.07, 6.45) is 0. The van der Waals surface area contributed by atoms with E-state index in [1.54, 1.807) is 24.3 Å². The van der Waals surface area contributed by atoms with Crippen LogP contribution in [0.15, 0.2) is 54.6 Å². The number of nitrogens with one attached hydrogen (secondary N) is 1. The van der Waals surface area contributed by atoms with E-state index in [9.17, 15) is 8.42 Å². The zero-order chi connectivity index (χ0) is 16.8. The molecule has 6 nitrogen and oxygen atoms in total. The minimum atomic E-state index is -3.54. The number of ether oxygens (including phenoxy) is 2. The van der Waals surface area contributed by atoms with Gasteiger partial charge in [0.05, 0.1) is 18.9 Å². The highest BCUT2D eigenvalue weighted by Crippen LogP contribution is 2.19. The Labute approximate surface area is 142 Å². The molecule has 1 aliphatic heterocycles. The van der Waals surface area contributed by atoms with Crippen LogP contribution in [0.25, 0.3) is 0 Å². The fourth-order valence-electron chi connectivity index (χ4n) is 2.36. The fraction of sp³-hybridized carbons (Fsp3) is 0.294. The summed E-state index contributed by atoms with van der Waals surface area (Å²) < 4.78 is 39.4. The number of anilines is 1. The molecule has 0 aliphatic carbocycles. The second-order valence-corrected chi connectivity index (χ2v) is 7.09. The normalized spacial score (nSPS) is 15.8. The van der Waals surface area contributed by atoms with Crippen molar-refractivity contribution in [2.24, 2.45) is 0 Å². The summed E-state index contributed by atoms with van der Waals surface area (Å²) >= 11 is 0. The first kappa shape index (κ1) is 16.8. The molecule has 1 fully saturated rings. The van der Waals surface area contributed by atoms with E-state index >= 15 is 0 Å². The van der Waals surface area contributed by atoms with Crippen LogP contribution in [0.2, 0.25) is 0 Å². The van der Waals surface area contributed by atoms with Crippen LogP contribution < -0.4 is 9.46 Å². The Kier molecular flexibility index (Phi) is 5.34. The van der Waals surface area contributed by atoms with Crippen molar-refractivity contribution in [2.75, 3.05) is 31.0 Å². The average Bonchev–Trinajstić information content (AvgIpc) is 2.62. The van der Waals surface area contributed by atoms with Crippen LogP contribution >= 0.6 is 0 Å². The van der Waals surface area contributed by atoms with Crippen molar-refractivity contribution in [3.05, 3.63) is 60.2 Å². The van der Waals surface area contributed by atoms with Crippen molar-refractivity contribution in [1.29, 1.82) is 0 Å². The number of hydrogen-bond acceptors (Lipinski definition) is 4. The minimum Gasteiger partial charge on any atom is -0.489 e. The summed E-state index contributed by atoms with van der Waals surface area (Å²) in [5.74, 6) is 0.688. The second-order valence-electron chi connectivity index (χ2n) is 5.42. The number of hydrogen-bond donors (Lipinski definition) is 1. The van der Waals surface area contributed by atoms with Gasteiger partial charge in [-0.3, -0.25) is 4.72 Å². The van der Waals surface area contributed by atoms with Gasteiger partial charge in [-0.25, -0.2) is 0 Å². The van der Waals surface area contributed by atoms with Crippen LogP contribution in [-0.2, 0) is 21.6 Å². The van der Waals surface area contributed by atoms with E-state index in [2.05, 4.69) is 4.72 Å². The highest BCUT2D eigenvalue weighted by Gasteiger charge is 2.23. The third-order valence-corrected chi connectivity index (χ3v) is 5.20. The zero-order valence-corrected chi connectivity index (χ0v) is 14.0. The van der Waals surface area contributed by atoms with Gasteiger partial charge in [-0.2, -0.15) is 12.7 Å². The van der Waals surface area contributed by atoms with Crippen LogP contribution in [0.5, 0.6) is 5.75 Å². The summed E-state index contributed by atoms with van der Waals surface area (Å²) in [6.45, 7) is 2.06. The molecule has 0 saturated carbocycles. The standard InChI is InChI=1S/C17H20N2O4S/c20-24(21,19-10-12-22-13-11-19)18-16-6-8-17(9-7-16)23-14-15-4-2-1-3-5-15/h1-9,18H,10-14H2. The molecule has 2 aromatic rings. The average molecular weight is 348 g/mol. The van der Waals surface area contributed by atoms with E-state index < -0.39 is 10.2 Å². The third kappa shape index (κ3) is 4.47. The van der Waals surface area contributed by atoms with E-state index in [-0.39, 0.29) is 0 Å². The smallest absolute Gasteiger partial charge is 0.301 e. The molecule has 24 heavy (non-hydrogen) atoms. The lowest BCUT2D eigenvalue weighted by atomic mass is 10.2. The first-order valence-electron chi connectivity index (χ1n) is 7.76. The first-order valence-corrected chi connectivity index (χ1v) is 9.20. The number of benzene rings is 2. The molecule has 2 aromatic carbocycles. The van der Waals surface area contributed by atoms with Crippen molar-refractivity contribution in [2.45, 2.75) is 6.61 Å². The third-order valence-electron chi connectivity index (χ3n) is 3.66.